The number of carbonyl (C=O) groups is 1. The highest BCUT2D eigenvalue weighted by atomic mass is 16.5. The molecule has 2 unspecified atom stereocenters. The van der Waals surface area contributed by atoms with Crippen molar-refractivity contribution in [2.45, 2.75) is 45.2 Å². The van der Waals surface area contributed by atoms with Crippen LogP contribution in [0.4, 0.5) is 0 Å². The Balaban J connectivity index is 2.87. The summed E-state index contributed by atoms with van der Waals surface area (Å²) in [7, 11) is 1.43. The van der Waals surface area contributed by atoms with Crippen molar-refractivity contribution in [3.63, 3.8) is 0 Å². The van der Waals surface area contributed by atoms with Gasteiger partial charge in [-0.25, -0.2) is 0 Å². The fourth-order valence-corrected chi connectivity index (χ4v) is 2.06. The molecule has 1 rings (SSSR count). The molecular weight excluding hydrogens is 226 g/mol. The molecule has 3 nitrogen and oxygen atoms in total. The molecule has 0 aliphatic rings. The van der Waals surface area contributed by atoms with Crippen LogP contribution in [-0.2, 0) is 16.0 Å². The SMILES string of the molecule is CCC(C)NC(C)(Cc1ccccc1)C(=O)OC. The predicted octanol–water partition coefficient (Wildman–Crippen LogP) is 2.55. The third kappa shape index (κ3) is 3.84. The van der Waals surface area contributed by atoms with Gasteiger partial charge in [-0.15, -0.1) is 0 Å². The summed E-state index contributed by atoms with van der Waals surface area (Å²) in [4.78, 5) is 12.0. The first-order chi connectivity index (χ1) is 8.51. The van der Waals surface area contributed by atoms with Crippen LogP contribution >= 0.6 is 0 Å². The van der Waals surface area contributed by atoms with Gasteiger partial charge in [0.05, 0.1) is 7.11 Å². The lowest BCUT2D eigenvalue weighted by Crippen LogP contribution is -2.55. The van der Waals surface area contributed by atoms with Gasteiger partial charge in [-0.05, 0) is 25.8 Å². The first-order valence-corrected chi connectivity index (χ1v) is 6.42. The van der Waals surface area contributed by atoms with Crippen LogP contribution < -0.4 is 5.32 Å². The van der Waals surface area contributed by atoms with Gasteiger partial charge in [-0.2, -0.15) is 0 Å². The minimum absolute atomic E-state index is 0.216. The third-order valence-electron chi connectivity index (χ3n) is 3.21. The van der Waals surface area contributed by atoms with Gasteiger partial charge in [0.15, 0.2) is 0 Å². The number of hydrogen-bond acceptors (Lipinski definition) is 3. The van der Waals surface area contributed by atoms with Gasteiger partial charge in [0, 0.05) is 12.5 Å². The summed E-state index contributed by atoms with van der Waals surface area (Å²) in [5.74, 6) is -0.216. The Bertz CT molecular complexity index is 377. The number of nitrogens with one attached hydrogen (secondary N) is 1. The monoisotopic (exact) mass is 249 g/mol. The highest BCUT2D eigenvalue weighted by Crippen LogP contribution is 2.16. The highest BCUT2D eigenvalue weighted by Gasteiger charge is 2.35. The number of esters is 1. The fourth-order valence-electron chi connectivity index (χ4n) is 2.06. The molecule has 0 spiro atoms. The van der Waals surface area contributed by atoms with Crippen molar-refractivity contribution < 1.29 is 9.53 Å². The number of rotatable bonds is 6. The number of ether oxygens (including phenoxy) is 1. The summed E-state index contributed by atoms with van der Waals surface area (Å²) in [6.07, 6.45) is 1.60. The Morgan fingerprint density at radius 1 is 1.39 bits per heavy atom. The smallest absolute Gasteiger partial charge is 0.326 e. The number of methoxy groups -OCH3 is 1. The van der Waals surface area contributed by atoms with Crippen LogP contribution in [-0.4, -0.2) is 24.7 Å². The lowest BCUT2D eigenvalue weighted by molar-refractivity contribution is -0.148. The standard InChI is InChI=1S/C15H23NO2/c1-5-12(2)16-15(3,14(17)18-4)11-13-9-7-6-8-10-13/h6-10,12,16H,5,11H2,1-4H3. The van der Waals surface area contributed by atoms with Crippen molar-refractivity contribution >= 4 is 5.97 Å². The topological polar surface area (TPSA) is 38.3 Å². The second kappa shape index (κ2) is 6.55. The summed E-state index contributed by atoms with van der Waals surface area (Å²) in [6.45, 7) is 6.07. The Kier molecular flexibility index (Phi) is 5.35. The van der Waals surface area contributed by atoms with E-state index in [1.807, 2.05) is 37.3 Å². The van der Waals surface area contributed by atoms with Crippen LogP contribution in [0.3, 0.4) is 0 Å². The minimum Gasteiger partial charge on any atom is -0.468 e. The summed E-state index contributed by atoms with van der Waals surface area (Å²) in [5, 5.41) is 3.37. The molecule has 1 aromatic rings. The molecule has 0 heterocycles. The van der Waals surface area contributed by atoms with Crippen LogP contribution in [0, 0.1) is 0 Å². The third-order valence-corrected chi connectivity index (χ3v) is 3.21. The van der Waals surface area contributed by atoms with Crippen LogP contribution in [0.5, 0.6) is 0 Å². The van der Waals surface area contributed by atoms with Crippen LogP contribution in [0.1, 0.15) is 32.8 Å². The molecule has 3 heteroatoms. The first kappa shape index (κ1) is 14.7. The minimum atomic E-state index is -0.675. The summed E-state index contributed by atoms with van der Waals surface area (Å²) in [6, 6.07) is 10.3. The Morgan fingerprint density at radius 2 is 2.00 bits per heavy atom. The Labute approximate surface area is 110 Å². The van der Waals surface area contributed by atoms with Gasteiger partial charge < -0.3 is 4.74 Å². The van der Waals surface area contributed by atoms with E-state index in [0.29, 0.717) is 6.42 Å². The molecule has 0 radical (unpaired) electrons. The van der Waals surface area contributed by atoms with Crippen LogP contribution in [0.15, 0.2) is 30.3 Å². The van der Waals surface area contributed by atoms with Crippen molar-refractivity contribution in [1.82, 2.24) is 5.32 Å². The molecule has 0 aromatic heterocycles. The van der Waals surface area contributed by atoms with E-state index in [2.05, 4.69) is 19.2 Å². The Morgan fingerprint density at radius 3 is 2.50 bits per heavy atom. The predicted molar refractivity (Wildman–Crippen MR) is 73.5 cm³/mol. The van der Waals surface area contributed by atoms with E-state index >= 15 is 0 Å². The van der Waals surface area contributed by atoms with Crippen molar-refractivity contribution in [1.29, 1.82) is 0 Å². The van der Waals surface area contributed by atoms with E-state index in [0.717, 1.165) is 12.0 Å². The number of carbonyl (C=O) groups excluding carboxylic acids is 1. The van der Waals surface area contributed by atoms with Crippen molar-refractivity contribution in [3.8, 4) is 0 Å². The highest BCUT2D eigenvalue weighted by molar-refractivity contribution is 5.80. The average Bonchev–Trinajstić information content (AvgIpc) is 2.38. The van der Waals surface area contributed by atoms with Crippen LogP contribution in [0.2, 0.25) is 0 Å². The maximum absolute atomic E-state index is 12.0. The van der Waals surface area contributed by atoms with E-state index in [4.69, 9.17) is 4.74 Å². The largest absolute Gasteiger partial charge is 0.468 e. The van der Waals surface area contributed by atoms with Gasteiger partial charge in [-0.1, -0.05) is 37.3 Å². The lowest BCUT2D eigenvalue weighted by Gasteiger charge is -2.31. The van der Waals surface area contributed by atoms with Crippen molar-refractivity contribution in [3.05, 3.63) is 35.9 Å². The molecule has 18 heavy (non-hydrogen) atoms. The van der Waals surface area contributed by atoms with E-state index in [1.54, 1.807) is 0 Å². The van der Waals surface area contributed by atoms with E-state index in [9.17, 15) is 4.79 Å². The quantitative estimate of drug-likeness (QED) is 0.787. The van der Waals surface area contributed by atoms with E-state index < -0.39 is 5.54 Å². The van der Waals surface area contributed by atoms with Gasteiger partial charge >= 0.3 is 5.97 Å². The van der Waals surface area contributed by atoms with E-state index in [-0.39, 0.29) is 12.0 Å². The van der Waals surface area contributed by atoms with Crippen LogP contribution in [0.25, 0.3) is 0 Å². The second-order valence-electron chi connectivity index (χ2n) is 4.94. The molecule has 0 saturated heterocycles. The van der Waals surface area contributed by atoms with E-state index in [1.165, 1.54) is 7.11 Å². The molecule has 0 aliphatic carbocycles. The zero-order chi connectivity index (χ0) is 13.6. The first-order valence-electron chi connectivity index (χ1n) is 6.42. The van der Waals surface area contributed by atoms with Gasteiger partial charge in [-0.3, -0.25) is 10.1 Å². The molecule has 100 valence electrons. The molecule has 0 saturated carbocycles. The lowest BCUT2D eigenvalue weighted by atomic mass is 9.91. The van der Waals surface area contributed by atoms with Crippen molar-refractivity contribution in [2.24, 2.45) is 0 Å². The number of hydrogen-bond donors (Lipinski definition) is 1. The molecule has 0 amide bonds. The zero-order valence-corrected chi connectivity index (χ0v) is 11.7. The average molecular weight is 249 g/mol. The molecule has 0 fully saturated rings. The summed E-state index contributed by atoms with van der Waals surface area (Å²) in [5.41, 5.74) is 0.451. The molecule has 2 atom stereocenters. The normalized spacial score (nSPS) is 15.8. The van der Waals surface area contributed by atoms with Crippen molar-refractivity contribution in [2.75, 3.05) is 7.11 Å². The molecule has 0 aliphatic heterocycles. The molecule has 1 N–H and O–H groups in total. The fraction of sp³-hybridized carbons (Fsp3) is 0.533. The zero-order valence-electron chi connectivity index (χ0n) is 11.7. The molecule has 1 aromatic carbocycles. The maximum Gasteiger partial charge on any atom is 0.326 e. The van der Waals surface area contributed by atoms with Gasteiger partial charge in [0.1, 0.15) is 5.54 Å². The second-order valence-corrected chi connectivity index (χ2v) is 4.94. The number of benzene rings is 1. The molecule has 0 bridgehead atoms. The Hall–Kier alpha value is -1.35. The summed E-state index contributed by atoms with van der Waals surface area (Å²) >= 11 is 0. The van der Waals surface area contributed by atoms with Gasteiger partial charge in [0.2, 0.25) is 0 Å². The molecular formula is C15H23NO2. The van der Waals surface area contributed by atoms with Gasteiger partial charge in [0.25, 0.3) is 0 Å². The summed E-state index contributed by atoms with van der Waals surface area (Å²) < 4.78 is 4.93. The maximum atomic E-state index is 12.0.